The number of piperidine rings is 1. The van der Waals surface area contributed by atoms with Crippen molar-refractivity contribution in [2.24, 2.45) is 0 Å². The quantitative estimate of drug-likeness (QED) is 0.528. The lowest BCUT2D eigenvalue weighted by Gasteiger charge is -2.35. The van der Waals surface area contributed by atoms with Gasteiger partial charge in [-0.05, 0) is 33.2 Å². The first-order valence-electron chi connectivity index (χ1n) is 7.26. The van der Waals surface area contributed by atoms with Crippen LogP contribution in [-0.2, 0) is 14.3 Å². The molecule has 19 heavy (non-hydrogen) atoms. The molecule has 1 aliphatic rings. The van der Waals surface area contributed by atoms with Crippen molar-refractivity contribution in [3.8, 4) is 0 Å². The van der Waals surface area contributed by atoms with Gasteiger partial charge in [0.1, 0.15) is 0 Å². The van der Waals surface area contributed by atoms with Crippen molar-refractivity contribution in [1.82, 2.24) is 10.2 Å². The SMILES string of the molecule is COCCNCC1CCCCN1CC(=O)OC(C)C. The molecule has 1 saturated heterocycles. The Morgan fingerprint density at radius 2 is 2.21 bits per heavy atom. The Hall–Kier alpha value is -0.650. The molecule has 0 aromatic carbocycles. The smallest absolute Gasteiger partial charge is 0.320 e. The predicted octanol–water partition coefficient (Wildman–Crippen LogP) is 1.03. The summed E-state index contributed by atoms with van der Waals surface area (Å²) in [4.78, 5) is 14.0. The van der Waals surface area contributed by atoms with E-state index in [0.29, 0.717) is 12.6 Å². The lowest BCUT2D eigenvalue weighted by molar-refractivity contribution is -0.149. The first kappa shape index (κ1) is 16.4. The fraction of sp³-hybridized carbons (Fsp3) is 0.929. The van der Waals surface area contributed by atoms with Gasteiger partial charge in [0.25, 0.3) is 0 Å². The van der Waals surface area contributed by atoms with Crippen LogP contribution in [0.2, 0.25) is 0 Å². The van der Waals surface area contributed by atoms with E-state index in [1.54, 1.807) is 7.11 Å². The van der Waals surface area contributed by atoms with Gasteiger partial charge in [-0.2, -0.15) is 0 Å². The minimum Gasteiger partial charge on any atom is -0.462 e. The summed E-state index contributed by atoms with van der Waals surface area (Å²) >= 11 is 0. The summed E-state index contributed by atoms with van der Waals surface area (Å²) in [5.74, 6) is -0.112. The summed E-state index contributed by atoms with van der Waals surface area (Å²) in [7, 11) is 1.70. The molecule has 0 saturated carbocycles. The standard InChI is InChI=1S/C14H28N2O3/c1-12(2)19-14(17)11-16-8-5-4-6-13(16)10-15-7-9-18-3/h12-13,15H,4-11H2,1-3H3. The predicted molar refractivity (Wildman–Crippen MR) is 75.2 cm³/mol. The van der Waals surface area contributed by atoms with E-state index in [2.05, 4.69) is 10.2 Å². The van der Waals surface area contributed by atoms with E-state index in [0.717, 1.165) is 32.7 Å². The van der Waals surface area contributed by atoms with Gasteiger partial charge in [-0.25, -0.2) is 0 Å². The van der Waals surface area contributed by atoms with Crippen molar-refractivity contribution in [2.75, 3.05) is 39.9 Å². The highest BCUT2D eigenvalue weighted by atomic mass is 16.5. The molecule has 0 radical (unpaired) electrons. The molecule has 0 bridgehead atoms. The number of carbonyl (C=O) groups excluding carboxylic acids is 1. The number of ether oxygens (including phenoxy) is 2. The van der Waals surface area contributed by atoms with Crippen LogP contribution in [0.1, 0.15) is 33.1 Å². The summed E-state index contributed by atoms with van der Waals surface area (Å²) in [6.07, 6.45) is 3.53. The molecular weight excluding hydrogens is 244 g/mol. The van der Waals surface area contributed by atoms with Crippen LogP contribution in [0.3, 0.4) is 0 Å². The number of hydrogen-bond donors (Lipinski definition) is 1. The summed E-state index contributed by atoms with van der Waals surface area (Å²) < 4.78 is 10.2. The molecule has 0 aromatic rings. The van der Waals surface area contributed by atoms with E-state index in [4.69, 9.17) is 9.47 Å². The maximum atomic E-state index is 11.7. The Morgan fingerprint density at radius 1 is 1.42 bits per heavy atom. The zero-order valence-corrected chi connectivity index (χ0v) is 12.5. The van der Waals surface area contributed by atoms with E-state index in [9.17, 15) is 4.79 Å². The summed E-state index contributed by atoms with van der Waals surface area (Å²) in [6, 6.07) is 0.435. The van der Waals surface area contributed by atoms with Crippen molar-refractivity contribution in [3.63, 3.8) is 0 Å². The van der Waals surface area contributed by atoms with Gasteiger partial charge < -0.3 is 14.8 Å². The second-order valence-corrected chi connectivity index (χ2v) is 5.36. The highest BCUT2D eigenvalue weighted by molar-refractivity contribution is 5.71. The summed E-state index contributed by atoms with van der Waals surface area (Å²) in [5.41, 5.74) is 0. The molecule has 5 heteroatoms. The Labute approximate surface area is 116 Å². The van der Waals surface area contributed by atoms with Crippen molar-refractivity contribution in [1.29, 1.82) is 0 Å². The molecule has 1 aliphatic heterocycles. The fourth-order valence-corrected chi connectivity index (χ4v) is 2.41. The number of methoxy groups -OCH3 is 1. The third-order valence-corrected chi connectivity index (χ3v) is 3.31. The van der Waals surface area contributed by atoms with E-state index < -0.39 is 0 Å². The number of nitrogens with zero attached hydrogens (tertiary/aromatic N) is 1. The van der Waals surface area contributed by atoms with Crippen LogP contribution in [0.4, 0.5) is 0 Å². The van der Waals surface area contributed by atoms with Crippen LogP contribution >= 0.6 is 0 Å². The van der Waals surface area contributed by atoms with Gasteiger partial charge in [0.15, 0.2) is 0 Å². The van der Waals surface area contributed by atoms with Gasteiger partial charge in [0.05, 0.1) is 19.3 Å². The van der Waals surface area contributed by atoms with Crippen molar-refractivity contribution in [2.45, 2.75) is 45.3 Å². The average molecular weight is 272 g/mol. The van der Waals surface area contributed by atoms with E-state index in [1.807, 2.05) is 13.8 Å². The average Bonchev–Trinajstić information content (AvgIpc) is 2.35. The van der Waals surface area contributed by atoms with Crippen molar-refractivity contribution < 1.29 is 14.3 Å². The number of carbonyl (C=O) groups is 1. The topological polar surface area (TPSA) is 50.8 Å². The minimum atomic E-state index is -0.112. The van der Waals surface area contributed by atoms with Crippen LogP contribution < -0.4 is 5.32 Å². The van der Waals surface area contributed by atoms with Crippen LogP contribution in [0, 0.1) is 0 Å². The maximum Gasteiger partial charge on any atom is 0.320 e. The number of nitrogens with one attached hydrogen (secondary N) is 1. The van der Waals surface area contributed by atoms with Gasteiger partial charge >= 0.3 is 5.97 Å². The van der Waals surface area contributed by atoms with Crippen LogP contribution in [-0.4, -0.2) is 62.9 Å². The normalized spacial score (nSPS) is 20.7. The van der Waals surface area contributed by atoms with Crippen LogP contribution in [0.25, 0.3) is 0 Å². The molecule has 0 aliphatic carbocycles. The molecule has 0 amide bonds. The van der Waals surface area contributed by atoms with E-state index in [1.165, 1.54) is 12.8 Å². The fourth-order valence-electron chi connectivity index (χ4n) is 2.41. The molecule has 112 valence electrons. The Morgan fingerprint density at radius 3 is 2.89 bits per heavy atom. The molecule has 1 unspecified atom stereocenters. The van der Waals surface area contributed by atoms with Crippen molar-refractivity contribution in [3.05, 3.63) is 0 Å². The lowest BCUT2D eigenvalue weighted by atomic mass is 10.0. The lowest BCUT2D eigenvalue weighted by Crippen LogP contribution is -2.48. The van der Waals surface area contributed by atoms with E-state index >= 15 is 0 Å². The zero-order chi connectivity index (χ0) is 14.1. The first-order valence-corrected chi connectivity index (χ1v) is 7.26. The molecule has 0 spiro atoms. The maximum absolute atomic E-state index is 11.7. The number of esters is 1. The second-order valence-electron chi connectivity index (χ2n) is 5.36. The van der Waals surface area contributed by atoms with Gasteiger partial charge in [0, 0.05) is 26.2 Å². The minimum absolute atomic E-state index is 0.0319. The molecule has 5 nitrogen and oxygen atoms in total. The van der Waals surface area contributed by atoms with Gasteiger partial charge in [-0.1, -0.05) is 6.42 Å². The third kappa shape index (κ3) is 6.89. The molecular formula is C14H28N2O3. The van der Waals surface area contributed by atoms with E-state index in [-0.39, 0.29) is 12.1 Å². The van der Waals surface area contributed by atoms with Crippen LogP contribution in [0.5, 0.6) is 0 Å². The summed E-state index contributed by atoms with van der Waals surface area (Å²) in [5, 5.41) is 3.38. The largest absolute Gasteiger partial charge is 0.462 e. The number of likely N-dealkylation sites (tertiary alicyclic amines) is 1. The number of hydrogen-bond acceptors (Lipinski definition) is 5. The van der Waals surface area contributed by atoms with Gasteiger partial charge in [0.2, 0.25) is 0 Å². The Balaban J connectivity index is 2.32. The Kier molecular flexibility index (Phi) is 8.02. The third-order valence-electron chi connectivity index (χ3n) is 3.31. The monoisotopic (exact) mass is 272 g/mol. The van der Waals surface area contributed by atoms with Crippen molar-refractivity contribution >= 4 is 5.97 Å². The molecule has 1 rings (SSSR count). The molecule has 1 atom stereocenters. The molecule has 1 N–H and O–H groups in total. The Bertz CT molecular complexity index is 259. The zero-order valence-electron chi connectivity index (χ0n) is 12.5. The van der Waals surface area contributed by atoms with Gasteiger partial charge in [-0.3, -0.25) is 9.69 Å². The van der Waals surface area contributed by atoms with Gasteiger partial charge in [-0.15, -0.1) is 0 Å². The number of rotatable bonds is 8. The molecule has 0 aromatic heterocycles. The highest BCUT2D eigenvalue weighted by Gasteiger charge is 2.24. The molecule has 1 heterocycles. The highest BCUT2D eigenvalue weighted by Crippen LogP contribution is 2.16. The first-order chi connectivity index (χ1) is 9.13. The van der Waals surface area contributed by atoms with Crippen LogP contribution in [0.15, 0.2) is 0 Å². The molecule has 1 fully saturated rings. The second kappa shape index (κ2) is 9.28. The summed E-state index contributed by atoms with van der Waals surface area (Å²) in [6.45, 7) is 7.67.